The predicted octanol–water partition coefficient (Wildman–Crippen LogP) is 3.44. The minimum absolute atomic E-state index is 0.0304. The maximum Gasteiger partial charge on any atom is 0.226 e. The molecule has 0 bridgehead atoms. The van der Waals surface area contributed by atoms with Crippen LogP contribution in [0.2, 0.25) is 0 Å². The Balaban J connectivity index is 1.48. The Hall–Kier alpha value is -3.15. The lowest BCUT2D eigenvalue weighted by atomic mass is 10.0. The standard InChI is InChI=1S/C24H28N4O2/c1-16(2)22(23-25-19-11-7-8-12-20(19)27(23)3)26-24(30)18-13-21(29)28(15-18)14-17-9-5-4-6-10-17/h4-12,16,18,22H,13-15H2,1-3H3,(H,26,30)/t18-,22-/m1/s1. The van der Waals surface area contributed by atoms with Crippen LogP contribution in [-0.4, -0.2) is 32.8 Å². The van der Waals surface area contributed by atoms with Crippen LogP contribution in [0.5, 0.6) is 0 Å². The highest BCUT2D eigenvalue weighted by molar-refractivity contribution is 5.89. The van der Waals surface area contributed by atoms with Gasteiger partial charge in [0.2, 0.25) is 11.8 Å². The number of likely N-dealkylation sites (tertiary alicyclic amines) is 1. The molecule has 6 heteroatoms. The third-order valence-corrected chi connectivity index (χ3v) is 5.87. The van der Waals surface area contributed by atoms with Gasteiger partial charge in [-0.1, -0.05) is 56.3 Å². The van der Waals surface area contributed by atoms with Crippen molar-refractivity contribution in [3.63, 3.8) is 0 Å². The number of amides is 2. The van der Waals surface area contributed by atoms with E-state index >= 15 is 0 Å². The van der Waals surface area contributed by atoms with Gasteiger partial charge in [0, 0.05) is 26.6 Å². The van der Waals surface area contributed by atoms with Crippen LogP contribution in [0.4, 0.5) is 0 Å². The van der Waals surface area contributed by atoms with E-state index in [1.54, 1.807) is 4.90 Å². The molecule has 1 saturated heterocycles. The van der Waals surface area contributed by atoms with Gasteiger partial charge >= 0.3 is 0 Å². The maximum atomic E-state index is 13.1. The van der Waals surface area contributed by atoms with Crippen molar-refractivity contribution in [3.05, 3.63) is 66.0 Å². The first-order valence-electron chi connectivity index (χ1n) is 10.5. The molecule has 0 saturated carbocycles. The Morgan fingerprint density at radius 2 is 1.83 bits per heavy atom. The van der Waals surface area contributed by atoms with E-state index in [1.165, 1.54) is 0 Å². The van der Waals surface area contributed by atoms with Crippen molar-refractivity contribution in [2.75, 3.05) is 6.54 Å². The summed E-state index contributed by atoms with van der Waals surface area (Å²) in [6.07, 6.45) is 0.256. The molecule has 4 rings (SSSR count). The molecule has 1 aliphatic rings. The van der Waals surface area contributed by atoms with Crippen molar-refractivity contribution in [1.82, 2.24) is 19.8 Å². The largest absolute Gasteiger partial charge is 0.346 e. The number of hydrogen-bond acceptors (Lipinski definition) is 3. The quantitative estimate of drug-likeness (QED) is 0.684. The molecule has 156 valence electrons. The van der Waals surface area contributed by atoms with Gasteiger partial charge in [0.1, 0.15) is 5.82 Å². The Morgan fingerprint density at radius 1 is 1.13 bits per heavy atom. The van der Waals surface area contributed by atoms with Gasteiger partial charge in [0.15, 0.2) is 0 Å². The van der Waals surface area contributed by atoms with Crippen LogP contribution in [0.15, 0.2) is 54.6 Å². The summed E-state index contributed by atoms with van der Waals surface area (Å²) in [6, 6.07) is 17.6. The number of carbonyl (C=O) groups is 2. The zero-order chi connectivity index (χ0) is 21.3. The summed E-state index contributed by atoms with van der Waals surface area (Å²) < 4.78 is 2.04. The number of nitrogens with one attached hydrogen (secondary N) is 1. The van der Waals surface area contributed by atoms with Crippen LogP contribution in [0.1, 0.15) is 37.7 Å². The van der Waals surface area contributed by atoms with Crippen LogP contribution < -0.4 is 5.32 Å². The summed E-state index contributed by atoms with van der Waals surface area (Å²) in [5.74, 6) is 0.622. The van der Waals surface area contributed by atoms with Gasteiger partial charge in [-0.15, -0.1) is 0 Å². The monoisotopic (exact) mass is 404 g/mol. The summed E-state index contributed by atoms with van der Waals surface area (Å²) in [7, 11) is 1.98. The molecule has 2 heterocycles. The molecule has 1 N–H and O–H groups in total. The van der Waals surface area contributed by atoms with Crippen LogP contribution >= 0.6 is 0 Å². The van der Waals surface area contributed by atoms with E-state index < -0.39 is 0 Å². The first-order valence-corrected chi connectivity index (χ1v) is 10.5. The second-order valence-corrected chi connectivity index (χ2v) is 8.41. The molecule has 0 radical (unpaired) electrons. The molecule has 2 aromatic carbocycles. The second kappa shape index (κ2) is 8.30. The first-order chi connectivity index (χ1) is 14.4. The van der Waals surface area contributed by atoms with E-state index in [1.807, 2.05) is 66.2 Å². The highest BCUT2D eigenvalue weighted by Crippen LogP contribution is 2.27. The van der Waals surface area contributed by atoms with E-state index in [4.69, 9.17) is 4.98 Å². The maximum absolute atomic E-state index is 13.1. The number of aromatic nitrogens is 2. The zero-order valence-corrected chi connectivity index (χ0v) is 17.7. The number of para-hydroxylation sites is 2. The molecule has 30 heavy (non-hydrogen) atoms. The minimum Gasteiger partial charge on any atom is -0.346 e. The normalized spacial score (nSPS) is 17.7. The smallest absolute Gasteiger partial charge is 0.226 e. The minimum atomic E-state index is -0.336. The molecular formula is C24H28N4O2. The molecule has 2 amide bonds. The van der Waals surface area contributed by atoms with Crippen LogP contribution in [-0.2, 0) is 23.2 Å². The molecule has 6 nitrogen and oxygen atoms in total. The van der Waals surface area contributed by atoms with Crippen molar-refractivity contribution in [2.45, 2.75) is 32.9 Å². The van der Waals surface area contributed by atoms with Crippen LogP contribution in [0, 0.1) is 11.8 Å². The van der Waals surface area contributed by atoms with Crippen LogP contribution in [0.25, 0.3) is 11.0 Å². The number of imidazole rings is 1. The van der Waals surface area contributed by atoms with Gasteiger partial charge in [-0.3, -0.25) is 9.59 Å². The number of rotatable bonds is 6. The molecule has 2 atom stereocenters. The third kappa shape index (κ3) is 3.95. The van der Waals surface area contributed by atoms with Crippen molar-refractivity contribution in [2.24, 2.45) is 18.9 Å². The Bertz CT molecular complexity index is 1060. The number of fused-ring (bicyclic) bond motifs is 1. The summed E-state index contributed by atoms with van der Waals surface area (Å²) in [5, 5.41) is 3.18. The average molecular weight is 405 g/mol. The second-order valence-electron chi connectivity index (χ2n) is 8.41. The Morgan fingerprint density at radius 3 is 2.53 bits per heavy atom. The van der Waals surface area contributed by atoms with Gasteiger partial charge in [-0.05, 0) is 23.6 Å². The van der Waals surface area contributed by atoms with Crippen LogP contribution in [0.3, 0.4) is 0 Å². The molecule has 0 unspecified atom stereocenters. The Labute approximate surface area is 176 Å². The lowest BCUT2D eigenvalue weighted by Gasteiger charge is -2.24. The fourth-order valence-electron chi connectivity index (χ4n) is 4.15. The lowest BCUT2D eigenvalue weighted by molar-refractivity contribution is -0.129. The molecular weight excluding hydrogens is 376 g/mol. The highest BCUT2D eigenvalue weighted by atomic mass is 16.2. The number of aryl methyl sites for hydroxylation is 1. The topological polar surface area (TPSA) is 67.2 Å². The molecule has 0 spiro atoms. The number of carbonyl (C=O) groups excluding carboxylic acids is 2. The highest BCUT2D eigenvalue weighted by Gasteiger charge is 2.36. The van der Waals surface area contributed by atoms with Crippen molar-refractivity contribution < 1.29 is 9.59 Å². The summed E-state index contributed by atoms with van der Waals surface area (Å²) in [6.45, 7) is 5.15. The van der Waals surface area contributed by atoms with Crippen molar-refractivity contribution >= 4 is 22.8 Å². The van der Waals surface area contributed by atoms with Gasteiger partial charge < -0.3 is 14.8 Å². The molecule has 3 aromatic rings. The number of nitrogens with zero attached hydrogens (tertiary/aromatic N) is 3. The predicted molar refractivity (Wildman–Crippen MR) is 116 cm³/mol. The van der Waals surface area contributed by atoms with E-state index in [-0.39, 0.29) is 36.1 Å². The zero-order valence-electron chi connectivity index (χ0n) is 17.7. The average Bonchev–Trinajstić information content (AvgIpc) is 3.27. The van der Waals surface area contributed by atoms with Gasteiger partial charge in [-0.25, -0.2) is 4.98 Å². The summed E-state index contributed by atoms with van der Waals surface area (Å²) in [5.41, 5.74) is 3.03. The summed E-state index contributed by atoms with van der Waals surface area (Å²) in [4.78, 5) is 32.1. The molecule has 1 fully saturated rings. The Kier molecular flexibility index (Phi) is 5.57. The van der Waals surface area contributed by atoms with E-state index in [2.05, 4.69) is 19.2 Å². The van der Waals surface area contributed by atoms with Gasteiger partial charge in [-0.2, -0.15) is 0 Å². The molecule has 1 aliphatic heterocycles. The third-order valence-electron chi connectivity index (χ3n) is 5.87. The SMILES string of the molecule is CC(C)[C@@H](NC(=O)[C@@H]1CC(=O)N(Cc2ccccc2)C1)c1nc2ccccc2n1C. The van der Waals surface area contributed by atoms with Gasteiger partial charge in [0.25, 0.3) is 0 Å². The lowest BCUT2D eigenvalue weighted by Crippen LogP contribution is -2.38. The van der Waals surface area contributed by atoms with E-state index in [0.29, 0.717) is 13.1 Å². The number of hydrogen-bond donors (Lipinski definition) is 1. The fraction of sp³-hybridized carbons (Fsp3) is 0.375. The molecule has 0 aliphatic carbocycles. The fourth-order valence-corrected chi connectivity index (χ4v) is 4.15. The van der Waals surface area contributed by atoms with Crippen molar-refractivity contribution in [1.29, 1.82) is 0 Å². The van der Waals surface area contributed by atoms with Crippen molar-refractivity contribution in [3.8, 4) is 0 Å². The molecule has 1 aromatic heterocycles. The van der Waals surface area contributed by atoms with E-state index in [9.17, 15) is 9.59 Å². The number of benzene rings is 2. The first kappa shape index (κ1) is 20.1. The summed E-state index contributed by atoms with van der Waals surface area (Å²) >= 11 is 0. The van der Waals surface area contributed by atoms with E-state index in [0.717, 1.165) is 22.4 Å². The van der Waals surface area contributed by atoms with Gasteiger partial charge in [0.05, 0.1) is 23.0 Å².